The highest BCUT2D eigenvalue weighted by Gasteiger charge is 2.18. The second-order valence-electron chi connectivity index (χ2n) is 4.33. The van der Waals surface area contributed by atoms with Crippen LogP contribution in [0.25, 0.3) is 11.1 Å². The fourth-order valence-corrected chi connectivity index (χ4v) is 2.68. The summed E-state index contributed by atoms with van der Waals surface area (Å²) in [5.74, 6) is -0.299. The van der Waals surface area contributed by atoms with Crippen LogP contribution in [0.15, 0.2) is 30.6 Å². The number of halogens is 3. The van der Waals surface area contributed by atoms with Crippen molar-refractivity contribution in [2.75, 3.05) is 6.54 Å². The van der Waals surface area contributed by atoms with Crippen molar-refractivity contribution < 1.29 is 4.39 Å². The first kappa shape index (κ1) is 14.3. The highest BCUT2D eigenvalue weighted by molar-refractivity contribution is 6.31. The molecule has 1 aromatic carbocycles. The number of hydrogen-bond acceptors (Lipinski definition) is 2. The number of fused-ring (bicyclic) bond motifs is 1. The van der Waals surface area contributed by atoms with Crippen LogP contribution in [0.2, 0.25) is 5.02 Å². The van der Waals surface area contributed by atoms with Gasteiger partial charge in [0.1, 0.15) is 5.82 Å². The van der Waals surface area contributed by atoms with Gasteiger partial charge in [-0.15, -0.1) is 12.4 Å². The molecule has 0 unspecified atom stereocenters. The van der Waals surface area contributed by atoms with Gasteiger partial charge in [-0.1, -0.05) is 17.7 Å². The van der Waals surface area contributed by atoms with Gasteiger partial charge in [0.05, 0.1) is 6.20 Å². The Morgan fingerprint density at radius 1 is 1.16 bits per heavy atom. The van der Waals surface area contributed by atoms with E-state index in [1.165, 1.54) is 6.20 Å². The van der Waals surface area contributed by atoms with Gasteiger partial charge in [-0.3, -0.25) is 4.98 Å². The summed E-state index contributed by atoms with van der Waals surface area (Å²) < 4.78 is 13.8. The average molecular weight is 299 g/mol. The predicted molar refractivity (Wildman–Crippen MR) is 77.3 cm³/mol. The summed E-state index contributed by atoms with van der Waals surface area (Å²) in [6, 6.07) is 5.43. The Balaban J connectivity index is 0.00000133. The summed E-state index contributed by atoms with van der Waals surface area (Å²) in [5, 5.41) is 4.07. The zero-order valence-electron chi connectivity index (χ0n) is 10.1. The quantitative estimate of drug-likeness (QED) is 0.870. The molecule has 0 aliphatic carbocycles. The molecule has 0 saturated heterocycles. The summed E-state index contributed by atoms with van der Waals surface area (Å²) in [4.78, 5) is 3.78. The van der Waals surface area contributed by atoms with Gasteiger partial charge in [-0.25, -0.2) is 4.39 Å². The van der Waals surface area contributed by atoms with Crippen molar-refractivity contribution in [2.45, 2.75) is 13.0 Å². The lowest BCUT2D eigenvalue weighted by atomic mass is 9.92. The van der Waals surface area contributed by atoms with Gasteiger partial charge in [-0.2, -0.15) is 0 Å². The second kappa shape index (κ2) is 5.87. The van der Waals surface area contributed by atoms with Crippen LogP contribution in [0.3, 0.4) is 0 Å². The van der Waals surface area contributed by atoms with E-state index in [1.54, 1.807) is 12.3 Å². The van der Waals surface area contributed by atoms with Gasteiger partial charge in [-0.05, 0) is 41.8 Å². The van der Waals surface area contributed by atoms with E-state index < -0.39 is 0 Å². The van der Waals surface area contributed by atoms with E-state index in [9.17, 15) is 4.39 Å². The minimum Gasteiger partial charge on any atom is -0.312 e. The molecule has 1 aliphatic rings. The number of aromatic nitrogens is 1. The SMILES string of the molecule is Cl.Fc1cnccc1-c1ccc(Cl)c2c1CNCC2. The number of benzene rings is 1. The van der Waals surface area contributed by atoms with Crippen LogP contribution in [0.1, 0.15) is 11.1 Å². The van der Waals surface area contributed by atoms with Crippen LogP contribution in [0.5, 0.6) is 0 Å². The monoisotopic (exact) mass is 298 g/mol. The normalized spacial score (nSPS) is 13.6. The number of nitrogens with one attached hydrogen (secondary N) is 1. The molecular weight excluding hydrogens is 286 g/mol. The van der Waals surface area contributed by atoms with Crippen molar-refractivity contribution >= 4 is 24.0 Å². The molecule has 1 aromatic heterocycles. The highest BCUT2D eigenvalue weighted by atomic mass is 35.5. The highest BCUT2D eigenvalue weighted by Crippen LogP contribution is 2.33. The van der Waals surface area contributed by atoms with Crippen LogP contribution in [0, 0.1) is 5.82 Å². The van der Waals surface area contributed by atoms with Crippen LogP contribution < -0.4 is 5.32 Å². The summed E-state index contributed by atoms with van der Waals surface area (Å²) in [7, 11) is 0. The van der Waals surface area contributed by atoms with Crippen molar-refractivity contribution in [3.05, 3.63) is 52.6 Å². The second-order valence-corrected chi connectivity index (χ2v) is 4.74. The van der Waals surface area contributed by atoms with Gasteiger partial charge < -0.3 is 5.32 Å². The van der Waals surface area contributed by atoms with E-state index in [4.69, 9.17) is 11.6 Å². The molecule has 1 N–H and O–H groups in total. The number of rotatable bonds is 1. The summed E-state index contributed by atoms with van der Waals surface area (Å²) in [6.45, 7) is 1.64. The van der Waals surface area contributed by atoms with Gasteiger partial charge in [0.25, 0.3) is 0 Å². The summed E-state index contributed by atoms with van der Waals surface area (Å²) in [5.41, 5.74) is 3.71. The minimum atomic E-state index is -0.299. The molecule has 100 valence electrons. The van der Waals surface area contributed by atoms with E-state index in [0.717, 1.165) is 41.2 Å². The molecule has 2 heterocycles. The number of pyridine rings is 1. The molecule has 0 amide bonds. The van der Waals surface area contributed by atoms with Crippen molar-refractivity contribution in [1.82, 2.24) is 10.3 Å². The topological polar surface area (TPSA) is 24.9 Å². The van der Waals surface area contributed by atoms with Crippen molar-refractivity contribution in [1.29, 1.82) is 0 Å². The first-order chi connectivity index (χ1) is 8.77. The molecule has 1 aliphatic heterocycles. The maximum absolute atomic E-state index is 13.8. The minimum absolute atomic E-state index is 0. The molecule has 0 saturated carbocycles. The maximum Gasteiger partial charge on any atom is 0.149 e. The average Bonchev–Trinajstić information content (AvgIpc) is 2.41. The van der Waals surface area contributed by atoms with E-state index in [-0.39, 0.29) is 18.2 Å². The number of hydrogen-bond donors (Lipinski definition) is 1. The Hall–Kier alpha value is -1.16. The van der Waals surface area contributed by atoms with Crippen LogP contribution in [0.4, 0.5) is 4.39 Å². The van der Waals surface area contributed by atoms with Gasteiger partial charge in [0.15, 0.2) is 0 Å². The third-order valence-electron chi connectivity index (χ3n) is 3.29. The number of nitrogens with zero attached hydrogens (tertiary/aromatic N) is 1. The zero-order chi connectivity index (χ0) is 12.5. The lowest BCUT2D eigenvalue weighted by Crippen LogP contribution is -2.24. The summed E-state index contributed by atoms with van der Waals surface area (Å²) >= 11 is 6.21. The van der Waals surface area contributed by atoms with E-state index in [2.05, 4.69) is 10.3 Å². The van der Waals surface area contributed by atoms with Crippen molar-refractivity contribution in [3.63, 3.8) is 0 Å². The lowest BCUT2D eigenvalue weighted by Gasteiger charge is -2.22. The third kappa shape index (κ3) is 2.59. The molecule has 19 heavy (non-hydrogen) atoms. The first-order valence-corrected chi connectivity index (χ1v) is 6.26. The van der Waals surface area contributed by atoms with Crippen LogP contribution >= 0.6 is 24.0 Å². The van der Waals surface area contributed by atoms with Gasteiger partial charge in [0.2, 0.25) is 0 Å². The Morgan fingerprint density at radius 3 is 2.79 bits per heavy atom. The van der Waals surface area contributed by atoms with Gasteiger partial charge >= 0.3 is 0 Å². The molecule has 0 bridgehead atoms. The largest absolute Gasteiger partial charge is 0.312 e. The zero-order valence-corrected chi connectivity index (χ0v) is 11.7. The van der Waals surface area contributed by atoms with E-state index in [0.29, 0.717) is 5.56 Å². The Bertz CT molecular complexity index is 602. The third-order valence-corrected chi connectivity index (χ3v) is 3.64. The van der Waals surface area contributed by atoms with Crippen LogP contribution in [-0.2, 0) is 13.0 Å². The van der Waals surface area contributed by atoms with E-state index in [1.807, 2.05) is 12.1 Å². The molecule has 2 aromatic rings. The Morgan fingerprint density at radius 2 is 2.00 bits per heavy atom. The first-order valence-electron chi connectivity index (χ1n) is 5.88. The Labute approximate surface area is 122 Å². The fraction of sp³-hybridized carbons (Fsp3) is 0.214. The molecular formula is C14H13Cl2FN2. The maximum atomic E-state index is 13.8. The Kier molecular flexibility index (Phi) is 4.40. The van der Waals surface area contributed by atoms with Crippen molar-refractivity contribution in [3.8, 4) is 11.1 Å². The smallest absolute Gasteiger partial charge is 0.149 e. The molecule has 0 atom stereocenters. The molecule has 0 spiro atoms. The van der Waals surface area contributed by atoms with E-state index >= 15 is 0 Å². The molecule has 3 rings (SSSR count). The standard InChI is InChI=1S/C14H12ClFN2.ClH/c15-13-2-1-9(11-4-6-18-8-14(11)16)12-7-17-5-3-10(12)13;/h1-2,4,6,8,17H,3,5,7H2;1H. The molecule has 0 fully saturated rings. The van der Waals surface area contributed by atoms with Gasteiger partial charge in [0, 0.05) is 23.3 Å². The molecule has 2 nitrogen and oxygen atoms in total. The fourth-order valence-electron chi connectivity index (χ4n) is 2.41. The predicted octanol–water partition coefficient (Wildman–Crippen LogP) is 3.61. The van der Waals surface area contributed by atoms with Crippen molar-refractivity contribution in [2.24, 2.45) is 0 Å². The molecule has 5 heteroatoms. The lowest BCUT2D eigenvalue weighted by molar-refractivity contribution is 0.622. The summed E-state index contributed by atoms with van der Waals surface area (Å²) in [6.07, 6.45) is 3.73. The van der Waals surface area contributed by atoms with Crippen LogP contribution in [-0.4, -0.2) is 11.5 Å². The molecule has 0 radical (unpaired) electrons.